The second kappa shape index (κ2) is 13.0. The Morgan fingerprint density at radius 1 is 0.706 bits per heavy atom. The second-order valence-electron chi connectivity index (χ2n) is 9.10. The van der Waals surface area contributed by atoms with Crippen molar-refractivity contribution in [2.45, 2.75) is 72.8 Å². The minimum Gasteiger partial charge on any atom is -0.299 e. The predicted molar refractivity (Wildman–Crippen MR) is 156 cm³/mol. The molecule has 0 spiro atoms. The van der Waals surface area contributed by atoms with Crippen molar-refractivity contribution in [3.05, 3.63) is 106 Å². The molecule has 0 aliphatic heterocycles. The molecule has 0 fully saturated rings. The van der Waals surface area contributed by atoms with Gasteiger partial charge in [0.1, 0.15) is 5.78 Å². The molecule has 2 aliphatic carbocycles. The van der Waals surface area contributed by atoms with E-state index < -0.39 is 0 Å². The van der Waals surface area contributed by atoms with E-state index in [0.29, 0.717) is 12.2 Å². The zero-order valence-corrected chi connectivity index (χ0v) is 22.3. The van der Waals surface area contributed by atoms with E-state index in [2.05, 4.69) is 81.4 Å². The smallest absolute Gasteiger partial charge is 0.137 e. The van der Waals surface area contributed by atoms with E-state index in [1.807, 2.05) is 6.07 Å². The van der Waals surface area contributed by atoms with Crippen molar-refractivity contribution in [1.82, 2.24) is 0 Å². The van der Waals surface area contributed by atoms with Crippen LogP contribution in [0.2, 0.25) is 0 Å². The molecule has 1 atom stereocenters. The molecule has 0 bridgehead atoms. The zero-order chi connectivity index (χ0) is 22.5. The number of Topliss-reactive ketones (excluding diaryl/α,β-unsaturated/α-hetero) is 1. The fourth-order valence-corrected chi connectivity index (χ4v) is 4.91. The number of halogens is 1. The molecule has 0 amide bonds. The molecule has 0 saturated heterocycles. The summed E-state index contributed by atoms with van der Waals surface area (Å²) in [4.78, 5) is 16.1. The molecule has 0 heterocycles. The van der Waals surface area contributed by atoms with Crippen molar-refractivity contribution in [3.8, 4) is 0 Å². The number of carbonyl (C=O) groups is 1. The monoisotopic (exact) mass is 567 g/mol. The lowest BCUT2D eigenvalue weighted by Gasteiger charge is -2.21. The van der Waals surface area contributed by atoms with Gasteiger partial charge in [-0.25, -0.2) is 0 Å². The van der Waals surface area contributed by atoms with Gasteiger partial charge in [-0.15, -0.1) is 24.0 Å². The topological polar surface area (TPSA) is 29.4 Å². The van der Waals surface area contributed by atoms with Crippen molar-refractivity contribution in [3.63, 3.8) is 0 Å². The summed E-state index contributed by atoms with van der Waals surface area (Å²) in [6.45, 7) is 6.52. The molecule has 2 aliphatic rings. The predicted octanol–water partition coefficient (Wildman–Crippen LogP) is 7.99. The minimum atomic E-state index is 0. The third-order valence-corrected chi connectivity index (χ3v) is 6.77. The Labute approximate surface area is 222 Å². The summed E-state index contributed by atoms with van der Waals surface area (Å²) in [6, 6.07) is 23.7. The summed E-state index contributed by atoms with van der Waals surface area (Å²) in [5.41, 5.74) is 11.1. The van der Waals surface area contributed by atoms with Crippen molar-refractivity contribution in [2.75, 3.05) is 0 Å². The Morgan fingerprint density at radius 2 is 1.26 bits per heavy atom. The SMILES string of the molecule is C.Cc1cccc2c1CCC(=N[C@H](C)c1ccccc1)C2.Cc1cccc2c1CCC(=O)C2.I. The summed E-state index contributed by atoms with van der Waals surface area (Å²) in [6.07, 6.45) is 5.60. The second-order valence-corrected chi connectivity index (χ2v) is 9.10. The van der Waals surface area contributed by atoms with Gasteiger partial charge in [0.05, 0.1) is 6.04 Å². The number of hydrogen-bond acceptors (Lipinski definition) is 2. The van der Waals surface area contributed by atoms with Crippen molar-refractivity contribution < 1.29 is 4.79 Å². The lowest BCUT2D eigenvalue weighted by molar-refractivity contribution is -0.118. The number of benzene rings is 3. The number of hydrogen-bond donors (Lipinski definition) is 0. The number of aryl methyl sites for hydroxylation is 2. The maximum atomic E-state index is 11.1. The molecule has 180 valence electrons. The van der Waals surface area contributed by atoms with Gasteiger partial charge in [-0.3, -0.25) is 9.79 Å². The zero-order valence-electron chi connectivity index (χ0n) is 19.9. The van der Waals surface area contributed by atoms with Crippen LogP contribution in [0.5, 0.6) is 0 Å². The normalized spacial score (nSPS) is 16.1. The largest absolute Gasteiger partial charge is 0.299 e. The average Bonchev–Trinajstić information content (AvgIpc) is 2.80. The minimum absolute atomic E-state index is 0. The Morgan fingerprint density at radius 3 is 1.88 bits per heavy atom. The Hall–Kier alpha value is -2.27. The van der Waals surface area contributed by atoms with E-state index in [1.54, 1.807) is 5.56 Å². The number of aliphatic imine (C=N–C) groups is 1. The summed E-state index contributed by atoms with van der Waals surface area (Å²) >= 11 is 0. The first kappa shape index (κ1) is 28.0. The van der Waals surface area contributed by atoms with Gasteiger partial charge < -0.3 is 0 Å². The number of rotatable bonds is 2. The average molecular weight is 568 g/mol. The van der Waals surface area contributed by atoms with Crippen LogP contribution < -0.4 is 0 Å². The van der Waals surface area contributed by atoms with Crippen LogP contribution in [0.15, 0.2) is 71.7 Å². The molecule has 3 heteroatoms. The van der Waals surface area contributed by atoms with Gasteiger partial charge in [0, 0.05) is 25.0 Å². The first-order chi connectivity index (χ1) is 15.5. The van der Waals surface area contributed by atoms with E-state index in [0.717, 1.165) is 32.1 Å². The van der Waals surface area contributed by atoms with Crippen LogP contribution in [0, 0.1) is 13.8 Å². The van der Waals surface area contributed by atoms with Crippen molar-refractivity contribution in [1.29, 1.82) is 0 Å². The molecule has 5 rings (SSSR count). The molecule has 0 radical (unpaired) electrons. The van der Waals surface area contributed by atoms with E-state index >= 15 is 0 Å². The first-order valence-corrected chi connectivity index (χ1v) is 11.8. The summed E-state index contributed by atoms with van der Waals surface area (Å²) in [5.74, 6) is 0.383. The Bertz CT molecular complexity index is 1130. The Kier molecular flexibility index (Phi) is 10.7. The summed E-state index contributed by atoms with van der Waals surface area (Å²) in [7, 11) is 0. The molecule has 3 aromatic carbocycles. The quantitative estimate of drug-likeness (QED) is 0.289. The van der Waals surface area contributed by atoms with E-state index in [1.165, 1.54) is 39.1 Å². The standard InChI is InChI=1S/C19H21N.C11H12O.CH4.HI/c1-14-7-6-10-17-13-18(11-12-19(14)17)20-15(2)16-8-4-3-5-9-16;1-8-3-2-4-9-7-10(12)5-6-11(8)9;;/h3-10,15H,11-13H2,1-2H3;2-4H,5-7H2,1H3;1H4;1H/t15-;;;/m1.../s1. The molecule has 3 aromatic rings. The van der Waals surface area contributed by atoms with Gasteiger partial charge in [0.25, 0.3) is 0 Å². The van der Waals surface area contributed by atoms with Crippen LogP contribution in [0.25, 0.3) is 0 Å². The number of ketones is 1. The van der Waals surface area contributed by atoms with Crippen molar-refractivity contribution >= 4 is 35.5 Å². The molecule has 2 nitrogen and oxygen atoms in total. The maximum absolute atomic E-state index is 11.1. The van der Waals surface area contributed by atoms with E-state index in [-0.39, 0.29) is 37.4 Å². The number of fused-ring (bicyclic) bond motifs is 2. The van der Waals surface area contributed by atoms with Crippen LogP contribution in [-0.2, 0) is 30.5 Å². The van der Waals surface area contributed by atoms with Crippen LogP contribution in [0.1, 0.15) is 72.2 Å². The van der Waals surface area contributed by atoms with Crippen LogP contribution in [0.3, 0.4) is 0 Å². The molecule has 0 unspecified atom stereocenters. The summed E-state index contributed by atoms with van der Waals surface area (Å²) in [5, 5.41) is 0. The van der Waals surface area contributed by atoms with Gasteiger partial charge in [-0.1, -0.05) is 74.2 Å². The van der Waals surface area contributed by atoms with Crippen molar-refractivity contribution in [2.24, 2.45) is 4.99 Å². The number of carbonyl (C=O) groups excluding carboxylic acids is 1. The molecule has 34 heavy (non-hydrogen) atoms. The lowest BCUT2D eigenvalue weighted by atomic mass is 9.87. The fraction of sp³-hybridized carbons (Fsp3) is 0.355. The van der Waals surface area contributed by atoms with Gasteiger partial charge in [-0.2, -0.15) is 0 Å². The van der Waals surface area contributed by atoms with Gasteiger partial charge >= 0.3 is 0 Å². The highest BCUT2D eigenvalue weighted by atomic mass is 127. The maximum Gasteiger partial charge on any atom is 0.137 e. The van der Waals surface area contributed by atoms with E-state index in [4.69, 9.17) is 4.99 Å². The highest BCUT2D eigenvalue weighted by Crippen LogP contribution is 2.25. The molecule has 0 aromatic heterocycles. The molecule has 0 N–H and O–H groups in total. The summed E-state index contributed by atoms with van der Waals surface area (Å²) < 4.78 is 0. The van der Waals surface area contributed by atoms with Crippen LogP contribution in [0.4, 0.5) is 0 Å². The van der Waals surface area contributed by atoms with E-state index in [9.17, 15) is 4.79 Å². The van der Waals surface area contributed by atoms with Gasteiger partial charge in [-0.05, 0) is 79.0 Å². The molecule has 0 saturated carbocycles. The number of nitrogens with zero attached hydrogens (tertiary/aromatic N) is 1. The van der Waals surface area contributed by atoms with Gasteiger partial charge in [0.2, 0.25) is 0 Å². The molecular formula is C31H38INO. The third-order valence-electron chi connectivity index (χ3n) is 6.77. The molecular weight excluding hydrogens is 529 g/mol. The van der Waals surface area contributed by atoms with Crippen LogP contribution in [-0.4, -0.2) is 11.5 Å². The van der Waals surface area contributed by atoms with Gasteiger partial charge in [0.15, 0.2) is 0 Å². The third kappa shape index (κ3) is 6.88. The Balaban J connectivity index is 0.000000252. The highest BCUT2D eigenvalue weighted by Gasteiger charge is 2.17. The first-order valence-electron chi connectivity index (χ1n) is 11.8. The highest BCUT2D eigenvalue weighted by molar-refractivity contribution is 14.0. The van der Waals surface area contributed by atoms with Crippen LogP contribution >= 0.6 is 24.0 Å². The lowest BCUT2D eigenvalue weighted by Crippen LogP contribution is -2.15. The fourth-order valence-electron chi connectivity index (χ4n) is 4.91.